The third kappa shape index (κ3) is 2.11. The molecule has 4 nitrogen and oxygen atoms in total. The van der Waals surface area contributed by atoms with Gasteiger partial charge >= 0.3 is 0 Å². The molecule has 2 rings (SSSR count). The van der Waals surface area contributed by atoms with Gasteiger partial charge in [0.15, 0.2) is 0 Å². The number of rotatable bonds is 2. The van der Waals surface area contributed by atoms with Crippen molar-refractivity contribution in [3.05, 3.63) is 16.5 Å². The molecular weight excluding hydrogens is 238 g/mol. The van der Waals surface area contributed by atoms with Crippen molar-refractivity contribution in [3.8, 4) is 0 Å². The van der Waals surface area contributed by atoms with Crippen molar-refractivity contribution >= 4 is 17.4 Å². The Morgan fingerprint density at radius 2 is 2.00 bits per heavy atom. The van der Waals surface area contributed by atoms with Gasteiger partial charge in [0.05, 0.1) is 6.10 Å². The van der Waals surface area contributed by atoms with Crippen LogP contribution in [0.4, 0.5) is 5.82 Å². The van der Waals surface area contributed by atoms with Crippen LogP contribution in [0.15, 0.2) is 0 Å². The van der Waals surface area contributed by atoms with Crippen LogP contribution < -0.4 is 5.32 Å². The van der Waals surface area contributed by atoms with Crippen LogP contribution in [0.2, 0.25) is 5.15 Å². The minimum absolute atomic E-state index is 0.127. The first-order valence-corrected chi connectivity index (χ1v) is 6.15. The molecule has 17 heavy (non-hydrogen) atoms. The molecule has 0 aliphatic heterocycles. The van der Waals surface area contributed by atoms with E-state index in [-0.39, 0.29) is 17.6 Å². The smallest absolute Gasteiger partial charge is 0.137 e. The van der Waals surface area contributed by atoms with Crippen molar-refractivity contribution in [2.24, 2.45) is 5.41 Å². The van der Waals surface area contributed by atoms with Gasteiger partial charge < -0.3 is 10.4 Å². The molecule has 5 heteroatoms. The van der Waals surface area contributed by atoms with Gasteiger partial charge in [-0.1, -0.05) is 25.4 Å². The minimum Gasteiger partial charge on any atom is -0.392 e. The van der Waals surface area contributed by atoms with Crippen molar-refractivity contribution in [1.82, 2.24) is 9.97 Å². The maximum atomic E-state index is 9.70. The van der Waals surface area contributed by atoms with Crippen molar-refractivity contribution in [2.45, 2.75) is 46.3 Å². The van der Waals surface area contributed by atoms with Crippen LogP contribution >= 0.6 is 11.6 Å². The lowest BCUT2D eigenvalue weighted by Crippen LogP contribution is -2.57. The minimum atomic E-state index is -0.251. The van der Waals surface area contributed by atoms with E-state index in [2.05, 4.69) is 15.3 Å². The number of nitrogens with zero attached hydrogens (tertiary/aromatic N) is 2. The lowest BCUT2D eigenvalue weighted by Gasteiger charge is -2.49. The summed E-state index contributed by atoms with van der Waals surface area (Å²) in [5.41, 5.74) is 0.729. The van der Waals surface area contributed by atoms with E-state index in [4.69, 9.17) is 11.6 Å². The van der Waals surface area contributed by atoms with E-state index in [9.17, 15) is 5.11 Å². The van der Waals surface area contributed by atoms with E-state index in [1.165, 1.54) is 0 Å². The largest absolute Gasteiger partial charge is 0.392 e. The number of halogens is 1. The van der Waals surface area contributed by atoms with Gasteiger partial charge in [-0.2, -0.15) is 0 Å². The molecule has 2 atom stereocenters. The molecule has 0 amide bonds. The monoisotopic (exact) mass is 255 g/mol. The highest BCUT2D eigenvalue weighted by molar-refractivity contribution is 6.30. The van der Waals surface area contributed by atoms with Crippen LogP contribution in [0, 0.1) is 19.3 Å². The molecule has 0 spiro atoms. The Morgan fingerprint density at radius 3 is 2.53 bits per heavy atom. The summed E-state index contributed by atoms with van der Waals surface area (Å²) in [6.45, 7) is 7.80. The number of nitrogens with one attached hydrogen (secondary N) is 1. The summed E-state index contributed by atoms with van der Waals surface area (Å²) in [7, 11) is 0. The Balaban J connectivity index is 2.20. The fourth-order valence-corrected chi connectivity index (χ4v) is 2.26. The van der Waals surface area contributed by atoms with E-state index < -0.39 is 0 Å². The number of anilines is 1. The van der Waals surface area contributed by atoms with Crippen LogP contribution in [0.5, 0.6) is 0 Å². The molecular formula is C12H18ClN3O. The zero-order chi connectivity index (χ0) is 12.8. The van der Waals surface area contributed by atoms with Crippen molar-refractivity contribution < 1.29 is 5.11 Å². The molecule has 2 unspecified atom stereocenters. The summed E-state index contributed by atoms with van der Waals surface area (Å²) >= 11 is 6.02. The highest BCUT2D eigenvalue weighted by Crippen LogP contribution is 2.42. The van der Waals surface area contributed by atoms with Crippen molar-refractivity contribution in [2.75, 3.05) is 5.32 Å². The molecule has 1 aromatic heterocycles. The first-order chi connectivity index (χ1) is 7.82. The van der Waals surface area contributed by atoms with Crippen molar-refractivity contribution in [3.63, 3.8) is 0 Å². The lowest BCUT2D eigenvalue weighted by atomic mass is 9.64. The summed E-state index contributed by atoms with van der Waals surface area (Å²) in [5, 5.41) is 13.5. The van der Waals surface area contributed by atoms with E-state index in [1.54, 1.807) is 0 Å². The first-order valence-electron chi connectivity index (χ1n) is 5.77. The third-order valence-corrected chi connectivity index (χ3v) is 4.09. The summed E-state index contributed by atoms with van der Waals surface area (Å²) in [4.78, 5) is 8.46. The fourth-order valence-electron chi connectivity index (χ4n) is 2.05. The summed E-state index contributed by atoms with van der Waals surface area (Å²) < 4.78 is 0. The zero-order valence-electron chi connectivity index (χ0n) is 10.6. The fraction of sp³-hybridized carbons (Fsp3) is 0.667. The van der Waals surface area contributed by atoms with E-state index in [1.807, 2.05) is 27.7 Å². The Bertz CT molecular complexity index is 448. The van der Waals surface area contributed by atoms with E-state index >= 15 is 0 Å². The van der Waals surface area contributed by atoms with Crippen LogP contribution in [0.1, 0.15) is 31.7 Å². The zero-order valence-corrected chi connectivity index (χ0v) is 11.3. The maximum Gasteiger partial charge on any atom is 0.137 e. The lowest BCUT2D eigenvalue weighted by molar-refractivity contribution is -0.0511. The Morgan fingerprint density at radius 1 is 1.35 bits per heavy atom. The highest BCUT2D eigenvalue weighted by atomic mass is 35.5. The van der Waals surface area contributed by atoms with Crippen LogP contribution in [0.25, 0.3) is 0 Å². The van der Waals surface area contributed by atoms with Crippen molar-refractivity contribution in [1.29, 1.82) is 0 Å². The van der Waals surface area contributed by atoms with Gasteiger partial charge in [-0.25, -0.2) is 9.97 Å². The summed E-state index contributed by atoms with van der Waals surface area (Å²) in [6, 6.07) is 0.224. The van der Waals surface area contributed by atoms with Gasteiger partial charge in [0.2, 0.25) is 0 Å². The molecule has 0 bridgehead atoms. The van der Waals surface area contributed by atoms with Crippen LogP contribution in [0.3, 0.4) is 0 Å². The van der Waals surface area contributed by atoms with E-state index in [0.29, 0.717) is 11.0 Å². The second kappa shape index (κ2) is 4.10. The molecule has 1 fully saturated rings. The molecule has 1 aliphatic carbocycles. The third-order valence-electron chi connectivity index (χ3n) is 3.73. The Hall–Kier alpha value is -0.870. The number of aliphatic hydroxyl groups is 1. The molecule has 0 aromatic carbocycles. The predicted octanol–water partition coefficient (Wildman–Crippen LogP) is 2.32. The summed E-state index contributed by atoms with van der Waals surface area (Å²) in [5.74, 6) is 1.42. The topological polar surface area (TPSA) is 58.0 Å². The van der Waals surface area contributed by atoms with Gasteiger partial charge in [-0.15, -0.1) is 0 Å². The van der Waals surface area contributed by atoms with Gasteiger partial charge in [-0.3, -0.25) is 0 Å². The average Bonchev–Trinajstić information content (AvgIpc) is 2.24. The molecule has 1 heterocycles. The van der Waals surface area contributed by atoms with Gasteiger partial charge in [0, 0.05) is 17.0 Å². The SMILES string of the molecule is Cc1nc(Cl)c(C)c(NC2CC(O)C2(C)C)n1. The standard InChI is InChI=1S/C12H18ClN3O/c1-6-10(13)14-7(2)15-11(6)16-8-5-9(17)12(8,3)4/h8-9,17H,5H2,1-4H3,(H,14,15,16). The normalized spacial score (nSPS) is 26.5. The van der Waals surface area contributed by atoms with E-state index in [0.717, 1.165) is 17.8 Å². The highest BCUT2D eigenvalue weighted by Gasteiger charge is 2.47. The number of aliphatic hydroxyl groups excluding tert-OH is 1. The summed E-state index contributed by atoms with van der Waals surface area (Å²) in [6.07, 6.45) is 0.492. The second-order valence-corrected chi connectivity index (χ2v) is 5.66. The number of aryl methyl sites for hydroxylation is 1. The average molecular weight is 256 g/mol. The first kappa shape index (κ1) is 12.6. The van der Waals surface area contributed by atoms with Crippen LogP contribution in [-0.2, 0) is 0 Å². The maximum absolute atomic E-state index is 9.70. The van der Waals surface area contributed by atoms with Gasteiger partial charge in [-0.05, 0) is 20.3 Å². The van der Waals surface area contributed by atoms with Crippen LogP contribution in [-0.4, -0.2) is 27.2 Å². The number of aromatic nitrogens is 2. The molecule has 1 aromatic rings. The second-order valence-electron chi connectivity index (χ2n) is 5.31. The number of hydrogen-bond donors (Lipinski definition) is 2. The predicted molar refractivity (Wildman–Crippen MR) is 68.3 cm³/mol. The molecule has 94 valence electrons. The molecule has 0 radical (unpaired) electrons. The Kier molecular flexibility index (Phi) is 3.04. The molecule has 2 N–H and O–H groups in total. The quantitative estimate of drug-likeness (QED) is 0.797. The molecule has 1 saturated carbocycles. The van der Waals surface area contributed by atoms with Gasteiger partial charge in [0.25, 0.3) is 0 Å². The number of hydrogen-bond acceptors (Lipinski definition) is 4. The van der Waals surface area contributed by atoms with Gasteiger partial charge in [0.1, 0.15) is 16.8 Å². The molecule has 0 saturated heterocycles. The molecule has 1 aliphatic rings. The Labute approximate surface area is 106 Å².